The first-order valence-electron chi connectivity index (χ1n) is 11.7. The van der Waals surface area contributed by atoms with Crippen LogP contribution in [0.3, 0.4) is 0 Å². The molecule has 1 aliphatic heterocycles. The summed E-state index contributed by atoms with van der Waals surface area (Å²) in [5.41, 5.74) is 4.76. The first-order chi connectivity index (χ1) is 16.7. The molecule has 4 rings (SSSR count). The van der Waals surface area contributed by atoms with E-state index in [0.717, 1.165) is 28.7 Å². The fourth-order valence-electron chi connectivity index (χ4n) is 4.10. The van der Waals surface area contributed by atoms with Crippen molar-refractivity contribution in [2.75, 3.05) is 23.4 Å². The van der Waals surface area contributed by atoms with Crippen LogP contribution in [0, 0.1) is 0 Å². The molecule has 6 nitrogen and oxygen atoms in total. The predicted octanol–water partition coefficient (Wildman–Crippen LogP) is 5.74. The zero-order chi connectivity index (χ0) is 25.0. The van der Waals surface area contributed by atoms with Gasteiger partial charge in [0.15, 0.2) is 6.61 Å². The van der Waals surface area contributed by atoms with Gasteiger partial charge in [0.05, 0.1) is 11.2 Å². The molecule has 0 spiro atoms. The van der Waals surface area contributed by atoms with Gasteiger partial charge >= 0.3 is 6.03 Å². The summed E-state index contributed by atoms with van der Waals surface area (Å²) in [6.07, 6.45) is 0.724. The van der Waals surface area contributed by atoms with E-state index in [-0.39, 0.29) is 18.5 Å². The van der Waals surface area contributed by atoms with Crippen molar-refractivity contribution in [1.82, 2.24) is 5.32 Å². The van der Waals surface area contributed by atoms with Crippen LogP contribution in [0.25, 0.3) is 5.57 Å². The maximum Gasteiger partial charge on any atom is 0.319 e. The van der Waals surface area contributed by atoms with Crippen molar-refractivity contribution >= 4 is 28.9 Å². The highest BCUT2D eigenvalue weighted by molar-refractivity contribution is 5.99. The largest absolute Gasteiger partial charge is 0.482 e. The zero-order valence-corrected chi connectivity index (χ0v) is 20.4. The fraction of sp³-hybridized carbons (Fsp3) is 0.241. The van der Waals surface area contributed by atoms with Gasteiger partial charge in [-0.1, -0.05) is 60.7 Å². The van der Waals surface area contributed by atoms with Crippen molar-refractivity contribution in [2.24, 2.45) is 0 Å². The van der Waals surface area contributed by atoms with Gasteiger partial charge in [0.25, 0.3) is 5.91 Å². The Morgan fingerprint density at radius 2 is 1.83 bits per heavy atom. The summed E-state index contributed by atoms with van der Waals surface area (Å²) in [4.78, 5) is 27.2. The smallest absolute Gasteiger partial charge is 0.319 e. The molecule has 0 aromatic heterocycles. The normalized spacial score (nSPS) is 13.0. The second-order valence-corrected chi connectivity index (χ2v) is 9.32. The number of fused-ring (bicyclic) bond motifs is 1. The number of nitrogens with one attached hydrogen (secondary N) is 2. The van der Waals surface area contributed by atoms with Crippen molar-refractivity contribution in [3.05, 3.63) is 96.1 Å². The molecule has 0 bridgehead atoms. The highest BCUT2D eigenvalue weighted by Gasteiger charge is 2.27. The fourth-order valence-corrected chi connectivity index (χ4v) is 4.10. The molecule has 0 atom stereocenters. The third-order valence-corrected chi connectivity index (χ3v) is 6.13. The molecule has 6 heteroatoms. The molecule has 0 unspecified atom stereocenters. The average Bonchev–Trinajstić information content (AvgIpc) is 2.83. The molecule has 3 aromatic carbocycles. The van der Waals surface area contributed by atoms with Crippen LogP contribution < -0.4 is 20.3 Å². The lowest BCUT2D eigenvalue weighted by Crippen LogP contribution is -2.43. The average molecular weight is 470 g/mol. The molecular weight excluding hydrogens is 438 g/mol. The van der Waals surface area contributed by atoms with E-state index in [4.69, 9.17) is 4.74 Å². The van der Waals surface area contributed by atoms with Gasteiger partial charge in [-0.05, 0) is 68.1 Å². The van der Waals surface area contributed by atoms with Gasteiger partial charge in [0.1, 0.15) is 5.75 Å². The van der Waals surface area contributed by atoms with Crippen LogP contribution in [-0.2, 0) is 16.8 Å². The monoisotopic (exact) mass is 469 g/mol. The minimum atomic E-state index is -0.607. The number of hydrogen-bond donors (Lipinski definition) is 2. The Labute approximate surface area is 206 Å². The van der Waals surface area contributed by atoms with Crippen molar-refractivity contribution in [3.63, 3.8) is 0 Å². The van der Waals surface area contributed by atoms with E-state index < -0.39 is 5.54 Å². The van der Waals surface area contributed by atoms with Crippen LogP contribution in [0.5, 0.6) is 5.75 Å². The topological polar surface area (TPSA) is 70.7 Å². The molecule has 1 aliphatic rings. The van der Waals surface area contributed by atoms with Crippen molar-refractivity contribution in [1.29, 1.82) is 0 Å². The maximum atomic E-state index is 12.9. The van der Waals surface area contributed by atoms with Gasteiger partial charge in [-0.25, -0.2) is 4.79 Å². The van der Waals surface area contributed by atoms with Gasteiger partial charge in [-0.2, -0.15) is 0 Å². The second-order valence-electron chi connectivity index (χ2n) is 9.32. The Balaban J connectivity index is 1.48. The second kappa shape index (κ2) is 10.1. The summed E-state index contributed by atoms with van der Waals surface area (Å²) in [6, 6.07) is 23.0. The number of allylic oxidation sites excluding steroid dienone is 1. The molecule has 0 radical (unpaired) electrons. The predicted molar refractivity (Wildman–Crippen MR) is 141 cm³/mol. The summed E-state index contributed by atoms with van der Waals surface area (Å²) in [5.74, 6) is 0.522. The Morgan fingerprint density at radius 3 is 2.57 bits per heavy atom. The number of carbonyl (C=O) groups is 2. The maximum absolute atomic E-state index is 12.9. The van der Waals surface area contributed by atoms with Crippen molar-refractivity contribution in [3.8, 4) is 5.75 Å². The van der Waals surface area contributed by atoms with E-state index in [9.17, 15) is 9.59 Å². The molecule has 0 saturated carbocycles. The lowest BCUT2D eigenvalue weighted by atomic mass is 9.92. The van der Waals surface area contributed by atoms with E-state index >= 15 is 0 Å². The number of ether oxygens (including phenoxy) is 1. The highest BCUT2D eigenvalue weighted by Crippen LogP contribution is 2.35. The third kappa shape index (κ3) is 5.72. The number of rotatable bonds is 7. The lowest BCUT2D eigenvalue weighted by molar-refractivity contribution is -0.121. The minimum absolute atomic E-state index is 0.00644. The summed E-state index contributed by atoms with van der Waals surface area (Å²) in [7, 11) is 0. The number of hydrogen-bond acceptors (Lipinski definition) is 3. The first kappa shape index (κ1) is 24.1. The van der Waals surface area contributed by atoms with Crippen LogP contribution in [-0.4, -0.2) is 25.1 Å². The number of nitrogens with zero attached hydrogens (tertiary/aromatic N) is 1. The summed E-state index contributed by atoms with van der Waals surface area (Å²) in [6.45, 7) is 10.4. The molecular formula is C29H31N3O3. The van der Waals surface area contributed by atoms with Crippen LogP contribution in [0.4, 0.5) is 16.2 Å². The molecule has 35 heavy (non-hydrogen) atoms. The Hall–Kier alpha value is -4.06. The molecule has 3 amide bonds. The molecule has 3 aromatic rings. The lowest BCUT2D eigenvalue weighted by Gasteiger charge is -2.30. The van der Waals surface area contributed by atoms with Crippen molar-refractivity contribution in [2.45, 2.75) is 32.7 Å². The molecule has 2 N–H and O–H groups in total. The standard InChI is InChI=1S/C29H31N3O3/c1-20(2)22-11-8-12-23(17-22)29(3,4)31-28(34)30-24-13-14-26-25(18-24)32(27(33)19-35-26)16-15-21-9-6-5-7-10-21/h5-14,17-18H,1,15-16,19H2,2-4H3,(H2,30,31,34). The van der Waals surface area contributed by atoms with Gasteiger partial charge in [-0.15, -0.1) is 0 Å². The summed E-state index contributed by atoms with van der Waals surface area (Å²) in [5, 5.41) is 5.95. The van der Waals surface area contributed by atoms with Crippen LogP contribution in [0.15, 0.2) is 79.4 Å². The number of amides is 3. The van der Waals surface area contributed by atoms with E-state index in [0.29, 0.717) is 23.7 Å². The summed E-state index contributed by atoms with van der Waals surface area (Å²) >= 11 is 0. The van der Waals surface area contributed by atoms with E-state index in [1.165, 1.54) is 0 Å². The molecule has 180 valence electrons. The van der Waals surface area contributed by atoms with Crippen LogP contribution >= 0.6 is 0 Å². The van der Waals surface area contributed by atoms with E-state index in [1.54, 1.807) is 23.1 Å². The number of anilines is 2. The molecule has 0 fully saturated rings. The van der Waals surface area contributed by atoms with Gasteiger partial charge in [0.2, 0.25) is 0 Å². The first-order valence-corrected chi connectivity index (χ1v) is 11.7. The van der Waals surface area contributed by atoms with Crippen LogP contribution in [0.2, 0.25) is 0 Å². The quantitative estimate of drug-likeness (QED) is 0.463. The van der Waals surface area contributed by atoms with Gasteiger partial charge < -0.3 is 20.3 Å². The minimum Gasteiger partial charge on any atom is -0.482 e. The Kier molecular flexibility index (Phi) is 6.92. The van der Waals surface area contributed by atoms with E-state index in [2.05, 4.69) is 17.2 Å². The Morgan fingerprint density at radius 1 is 1.06 bits per heavy atom. The van der Waals surface area contributed by atoms with Crippen molar-refractivity contribution < 1.29 is 14.3 Å². The number of benzene rings is 3. The van der Waals surface area contributed by atoms with Gasteiger partial charge in [-0.3, -0.25) is 4.79 Å². The summed E-state index contributed by atoms with van der Waals surface area (Å²) < 4.78 is 5.62. The molecule has 0 aliphatic carbocycles. The zero-order valence-electron chi connectivity index (χ0n) is 20.4. The SMILES string of the molecule is C=C(C)c1cccc(C(C)(C)NC(=O)Nc2ccc3c(c2)N(CCc2ccccc2)C(=O)CO3)c1. The van der Waals surface area contributed by atoms with Crippen LogP contribution in [0.1, 0.15) is 37.5 Å². The van der Waals surface area contributed by atoms with E-state index in [1.807, 2.05) is 75.4 Å². The number of carbonyl (C=O) groups excluding carboxylic acids is 2. The molecule has 0 saturated heterocycles. The highest BCUT2D eigenvalue weighted by atomic mass is 16.5. The molecule has 1 heterocycles. The Bertz CT molecular complexity index is 1250. The third-order valence-electron chi connectivity index (χ3n) is 6.13. The number of urea groups is 1. The van der Waals surface area contributed by atoms with Gasteiger partial charge in [0, 0.05) is 12.2 Å².